The molecule has 4 aromatic heterocycles. The molecular weight excluding hydrogens is 408 g/mol. The summed E-state index contributed by atoms with van der Waals surface area (Å²) in [5.41, 5.74) is 1.91. The summed E-state index contributed by atoms with van der Waals surface area (Å²) in [7, 11) is 0. The number of nitrogens with one attached hydrogen (secondary N) is 1. The van der Waals surface area contributed by atoms with Gasteiger partial charge in [0.25, 0.3) is 5.91 Å². The van der Waals surface area contributed by atoms with Gasteiger partial charge in [-0.05, 0) is 40.6 Å². The minimum absolute atomic E-state index is 0.183. The van der Waals surface area contributed by atoms with Crippen molar-refractivity contribution in [2.45, 2.75) is 0 Å². The highest BCUT2D eigenvalue weighted by molar-refractivity contribution is 7.19. The highest BCUT2D eigenvalue weighted by Crippen LogP contribution is 2.38. The van der Waals surface area contributed by atoms with Crippen LogP contribution in [0.5, 0.6) is 0 Å². The number of aromatic nitrogens is 2. The third-order valence-electron chi connectivity index (χ3n) is 3.70. The van der Waals surface area contributed by atoms with Gasteiger partial charge >= 0.3 is 0 Å². The summed E-state index contributed by atoms with van der Waals surface area (Å²) in [6, 6.07) is 13.4. The molecule has 0 saturated carbocycles. The zero-order valence-electron chi connectivity index (χ0n) is 14.3. The SMILES string of the molecule is N#C/C(=C\c1cccnc1)c1nc(-c2cccs2)c(NC(=O)c2cccs2)s1. The fraction of sp³-hybridized carbons (Fsp3) is 0. The molecule has 28 heavy (non-hydrogen) atoms. The molecule has 0 bridgehead atoms. The van der Waals surface area contributed by atoms with Crippen LogP contribution in [-0.4, -0.2) is 15.9 Å². The summed E-state index contributed by atoms with van der Waals surface area (Å²) in [6.07, 6.45) is 5.11. The van der Waals surface area contributed by atoms with E-state index in [1.807, 2.05) is 41.1 Å². The molecule has 4 rings (SSSR count). The second kappa shape index (κ2) is 8.27. The van der Waals surface area contributed by atoms with Crippen molar-refractivity contribution < 1.29 is 4.79 Å². The molecule has 0 aromatic carbocycles. The molecule has 0 aliphatic rings. The van der Waals surface area contributed by atoms with Crippen LogP contribution in [0.4, 0.5) is 5.00 Å². The molecule has 8 heteroatoms. The van der Waals surface area contributed by atoms with Crippen molar-refractivity contribution in [1.29, 1.82) is 5.26 Å². The molecule has 5 nitrogen and oxygen atoms in total. The standard InChI is InChI=1S/C20H12N4OS3/c21-11-14(10-13-4-1-7-22-12-13)19-23-17(15-5-2-8-26-15)20(28-19)24-18(25)16-6-3-9-27-16/h1-10,12H,(H,24,25)/b14-10+. The summed E-state index contributed by atoms with van der Waals surface area (Å²) in [6.45, 7) is 0. The Morgan fingerprint density at radius 2 is 2.00 bits per heavy atom. The maximum atomic E-state index is 12.5. The third-order valence-corrected chi connectivity index (χ3v) is 6.45. The third kappa shape index (κ3) is 3.92. The fourth-order valence-corrected chi connectivity index (χ4v) is 4.79. The number of allylic oxidation sites excluding steroid dienone is 1. The Hall–Kier alpha value is -3.12. The molecule has 0 atom stereocenters. The molecule has 0 saturated heterocycles. The zero-order valence-corrected chi connectivity index (χ0v) is 16.8. The van der Waals surface area contributed by atoms with Gasteiger partial charge in [-0.3, -0.25) is 9.78 Å². The number of thiophene rings is 2. The number of hydrogen-bond donors (Lipinski definition) is 1. The van der Waals surface area contributed by atoms with Crippen molar-refractivity contribution in [3.63, 3.8) is 0 Å². The summed E-state index contributed by atoms with van der Waals surface area (Å²) in [5, 5.41) is 17.6. The highest BCUT2D eigenvalue weighted by Gasteiger charge is 2.19. The Morgan fingerprint density at radius 1 is 1.14 bits per heavy atom. The van der Waals surface area contributed by atoms with Crippen LogP contribution >= 0.6 is 34.0 Å². The number of anilines is 1. The summed E-state index contributed by atoms with van der Waals surface area (Å²) >= 11 is 4.20. The topological polar surface area (TPSA) is 78.7 Å². The Labute approximate surface area is 173 Å². The number of pyridine rings is 1. The van der Waals surface area contributed by atoms with Gasteiger partial charge in [0.05, 0.1) is 15.3 Å². The molecule has 1 N–H and O–H groups in total. The van der Waals surface area contributed by atoms with E-state index < -0.39 is 0 Å². The number of rotatable bonds is 5. The van der Waals surface area contributed by atoms with Gasteiger partial charge in [-0.15, -0.1) is 22.7 Å². The van der Waals surface area contributed by atoms with E-state index in [1.54, 1.807) is 24.5 Å². The van der Waals surface area contributed by atoms with E-state index in [0.717, 1.165) is 10.4 Å². The first-order chi connectivity index (χ1) is 13.7. The van der Waals surface area contributed by atoms with E-state index in [4.69, 9.17) is 0 Å². The van der Waals surface area contributed by atoms with Crippen LogP contribution in [0.1, 0.15) is 20.2 Å². The molecular formula is C20H12N4OS3. The molecule has 0 fully saturated rings. The highest BCUT2D eigenvalue weighted by atomic mass is 32.1. The molecule has 136 valence electrons. The molecule has 4 aromatic rings. The molecule has 0 aliphatic carbocycles. The van der Waals surface area contributed by atoms with Gasteiger partial charge in [0.2, 0.25) is 0 Å². The predicted molar refractivity (Wildman–Crippen MR) is 115 cm³/mol. The Morgan fingerprint density at radius 3 is 2.68 bits per heavy atom. The summed E-state index contributed by atoms with van der Waals surface area (Å²) < 4.78 is 0. The predicted octanol–water partition coefficient (Wildman–Crippen LogP) is 5.64. The molecule has 0 spiro atoms. The molecule has 0 unspecified atom stereocenters. The van der Waals surface area contributed by atoms with Gasteiger partial charge in [-0.1, -0.05) is 29.5 Å². The quantitative estimate of drug-likeness (QED) is 0.424. The van der Waals surface area contributed by atoms with E-state index in [9.17, 15) is 10.1 Å². The first kappa shape index (κ1) is 18.3. The summed E-state index contributed by atoms with van der Waals surface area (Å²) in [4.78, 5) is 22.8. The second-order valence-electron chi connectivity index (χ2n) is 5.56. The van der Waals surface area contributed by atoms with Gasteiger partial charge in [0.15, 0.2) is 0 Å². The van der Waals surface area contributed by atoms with Gasteiger partial charge in [0, 0.05) is 12.4 Å². The van der Waals surface area contributed by atoms with Crippen molar-refractivity contribution in [1.82, 2.24) is 9.97 Å². The van der Waals surface area contributed by atoms with Crippen LogP contribution < -0.4 is 5.32 Å². The van der Waals surface area contributed by atoms with E-state index in [1.165, 1.54) is 34.0 Å². The number of carbonyl (C=O) groups is 1. The lowest BCUT2D eigenvalue weighted by atomic mass is 10.2. The maximum Gasteiger partial charge on any atom is 0.266 e. The first-order valence-corrected chi connectivity index (χ1v) is 10.7. The lowest BCUT2D eigenvalue weighted by Gasteiger charge is -2.02. The van der Waals surface area contributed by atoms with Crippen LogP contribution in [0, 0.1) is 11.3 Å². The normalized spacial score (nSPS) is 11.2. The number of hydrogen-bond acceptors (Lipinski definition) is 7. The van der Waals surface area contributed by atoms with Gasteiger partial charge in [0.1, 0.15) is 21.8 Å². The molecule has 0 radical (unpaired) electrons. The monoisotopic (exact) mass is 420 g/mol. The zero-order chi connectivity index (χ0) is 19.3. The molecule has 1 amide bonds. The lowest BCUT2D eigenvalue weighted by molar-refractivity contribution is 0.103. The van der Waals surface area contributed by atoms with Gasteiger partial charge < -0.3 is 5.32 Å². The second-order valence-corrected chi connectivity index (χ2v) is 8.46. The minimum Gasteiger partial charge on any atom is -0.311 e. The number of nitriles is 1. The minimum atomic E-state index is -0.183. The fourth-order valence-electron chi connectivity index (χ4n) is 2.44. The van der Waals surface area contributed by atoms with Crippen LogP contribution in [0.2, 0.25) is 0 Å². The van der Waals surface area contributed by atoms with Crippen LogP contribution in [-0.2, 0) is 0 Å². The first-order valence-electron chi connectivity index (χ1n) is 8.16. The van der Waals surface area contributed by atoms with E-state index in [0.29, 0.717) is 26.2 Å². The van der Waals surface area contributed by atoms with Crippen molar-refractivity contribution in [2.24, 2.45) is 0 Å². The van der Waals surface area contributed by atoms with Gasteiger partial charge in [-0.2, -0.15) is 5.26 Å². The molecule has 4 heterocycles. The van der Waals surface area contributed by atoms with Gasteiger partial charge in [-0.25, -0.2) is 4.98 Å². The number of carbonyl (C=O) groups excluding carboxylic acids is 1. The van der Waals surface area contributed by atoms with Crippen molar-refractivity contribution >= 4 is 56.6 Å². The largest absolute Gasteiger partial charge is 0.311 e. The Balaban J connectivity index is 1.74. The van der Waals surface area contributed by atoms with Crippen LogP contribution in [0.15, 0.2) is 59.6 Å². The number of nitrogens with zero attached hydrogens (tertiary/aromatic N) is 3. The number of amides is 1. The Bertz CT molecular complexity index is 1150. The smallest absolute Gasteiger partial charge is 0.266 e. The average Bonchev–Trinajstić information content (AvgIpc) is 3.48. The Kier molecular flexibility index (Phi) is 5.39. The van der Waals surface area contributed by atoms with Crippen molar-refractivity contribution in [3.8, 4) is 16.6 Å². The number of thiazole rings is 1. The maximum absolute atomic E-state index is 12.5. The van der Waals surface area contributed by atoms with Crippen LogP contribution in [0.25, 0.3) is 22.2 Å². The van der Waals surface area contributed by atoms with E-state index in [-0.39, 0.29) is 5.91 Å². The van der Waals surface area contributed by atoms with Crippen molar-refractivity contribution in [2.75, 3.05) is 5.32 Å². The van der Waals surface area contributed by atoms with E-state index in [2.05, 4.69) is 21.4 Å². The molecule has 0 aliphatic heterocycles. The summed E-state index contributed by atoms with van der Waals surface area (Å²) in [5.74, 6) is -0.183. The van der Waals surface area contributed by atoms with Crippen molar-refractivity contribution in [3.05, 3.63) is 75.0 Å². The van der Waals surface area contributed by atoms with Crippen LogP contribution in [0.3, 0.4) is 0 Å². The van der Waals surface area contributed by atoms with E-state index >= 15 is 0 Å². The average molecular weight is 421 g/mol. The lowest BCUT2D eigenvalue weighted by Crippen LogP contribution is -2.09.